The van der Waals surface area contributed by atoms with Gasteiger partial charge in [0.2, 0.25) is 10.0 Å². The van der Waals surface area contributed by atoms with E-state index in [0.29, 0.717) is 56.7 Å². The Labute approximate surface area is 191 Å². The Kier molecular flexibility index (Phi) is 6.82. The van der Waals surface area contributed by atoms with Crippen molar-refractivity contribution in [3.05, 3.63) is 48.0 Å². The fourth-order valence-electron chi connectivity index (χ4n) is 3.34. The highest BCUT2D eigenvalue weighted by molar-refractivity contribution is 7.89. The van der Waals surface area contributed by atoms with Crippen molar-refractivity contribution >= 4 is 27.6 Å². The van der Waals surface area contributed by atoms with E-state index >= 15 is 0 Å². The van der Waals surface area contributed by atoms with Crippen molar-refractivity contribution in [2.75, 3.05) is 44.8 Å². The Balaban J connectivity index is 1.35. The highest BCUT2D eigenvalue weighted by atomic mass is 32.2. The van der Waals surface area contributed by atoms with Gasteiger partial charge in [-0.15, -0.1) is 0 Å². The molecule has 0 aromatic heterocycles. The second kappa shape index (κ2) is 9.77. The number of hydrogen-bond donors (Lipinski definition) is 1. The third-order valence-corrected chi connectivity index (χ3v) is 7.07. The first-order valence-electron chi connectivity index (χ1n) is 10.4. The largest absolute Gasteiger partial charge is 0.486 e. The molecule has 2 aromatic carbocycles. The molecule has 2 aliphatic heterocycles. The third kappa shape index (κ3) is 5.27. The number of carbonyl (C=O) groups excluding carboxylic acids is 2. The number of esters is 1. The van der Waals surface area contributed by atoms with Crippen molar-refractivity contribution in [2.24, 2.45) is 0 Å². The van der Waals surface area contributed by atoms with Crippen LogP contribution in [0.25, 0.3) is 0 Å². The molecular formula is C22H24N2O8S. The number of anilines is 1. The Morgan fingerprint density at radius 1 is 0.970 bits per heavy atom. The SMILES string of the molecule is C[C@@H](OC(=O)c1ccc2c(c1)OCCO2)C(=O)Nc1ccc(S(=O)(=O)N2CCOCC2)cc1. The Morgan fingerprint density at radius 2 is 1.64 bits per heavy atom. The van der Waals surface area contributed by atoms with Crippen LogP contribution in [0, 0.1) is 0 Å². The molecule has 0 aliphatic carbocycles. The van der Waals surface area contributed by atoms with Crippen LogP contribution in [-0.2, 0) is 24.3 Å². The number of rotatable bonds is 6. The van der Waals surface area contributed by atoms with Crippen molar-refractivity contribution in [1.29, 1.82) is 0 Å². The van der Waals surface area contributed by atoms with Crippen LogP contribution in [0.5, 0.6) is 11.5 Å². The van der Waals surface area contributed by atoms with E-state index in [-0.39, 0.29) is 10.5 Å². The van der Waals surface area contributed by atoms with Crippen LogP contribution < -0.4 is 14.8 Å². The number of benzene rings is 2. The van der Waals surface area contributed by atoms with E-state index in [1.807, 2.05) is 0 Å². The molecule has 2 aliphatic rings. The fraction of sp³-hybridized carbons (Fsp3) is 0.364. The Hall–Kier alpha value is -3.15. The summed E-state index contributed by atoms with van der Waals surface area (Å²) in [4.78, 5) is 25.0. The van der Waals surface area contributed by atoms with E-state index in [0.717, 1.165) is 0 Å². The minimum Gasteiger partial charge on any atom is -0.486 e. The van der Waals surface area contributed by atoms with Gasteiger partial charge in [-0.1, -0.05) is 0 Å². The monoisotopic (exact) mass is 476 g/mol. The zero-order valence-corrected chi connectivity index (χ0v) is 18.8. The second-order valence-corrected chi connectivity index (χ2v) is 9.37. The maximum atomic E-state index is 12.7. The van der Waals surface area contributed by atoms with E-state index in [2.05, 4.69) is 5.32 Å². The molecule has 0 saturated carbocycles. The first-order valence-corrected chi connectivity index (χ1v) is 11.9. The number of fused-ring (bicyclic) bond motifs is 1. The molecule has 1 fully saturated rings. The van der Waals surface area contributed by atoms with Gasteiger partial charge in [0, 0.05) is 18.8 Å². The van der Waals surface area contributed by atoms with Crippen LogP contribution in [0.1, 0.15) is 17.3 Å². The van der Waals surface area contributed by atoms with Gasteiger partial charge in [0.1, 0.15) is 13.2 Å². The Morgan fingerprint density at radius 3 is 2.33 bits per heavy atom. The quantitative estimate of drug-likeness (QED) is 0.625. The number of nitrogens with zero attached hydrogens (tertiary/aromatic N) is 1. The van der Waals surface area contributed by atoms with E-state index in [4.69, 9.17) is 18.9 Å². The molecule has 2 heterocycles. The number of carbonyl (C=O) groups is 2. The second-order valence-electron chi connectivity index (χ2n) is 7.44. The summed E-state index contributed by atoms with van der Waals surface area (Å²) in [5.74, 6) is -0.242. The van der Waals surface area contributed by atoms with Gasteiger partial charge in [0.05, 0.1) is 23.7 Å². The van der Waals surface area contributed by atoms with Gasteiger partial charge in [-0.2, -0.15) is 4.31 Å². The van der Waals surface area contributed by atoms with Crippen LogP contribution in [0.15, 0.2) is 47.4 Å². The molecule has 11 heteroatoms. The van der Waals surface area contributed by atoms with Gasteiger partial charge < -0.3 is 24.3 Å². The molecule has 0 spiro atoms. The molecule has 0 unspecified atom stereocenters. The molecule has 0 radical (unpaired) electrons. The molecule has 0 bridgehead atoms. The molecular weight excluding hydrogens is 452 g/mol. The molecule has 1 amide bonds. The molecule has 176 valence electrons. The first kappa shape index (κ1) is 23.0. The summed E-state index contributed by atoms with van der Waals surface area (Å²) >= 11 is 0. The molecule has 33 heavy (non-hydrogen) atoms. The molecule has 1 saturated heterocycles. The molecule has 10 nitrogen and oxygen atoms in total. The third-order valence-electron chi connectivity index (χ3n) is 5.16. The van der Waals surface area contributed by atoms with Gasteiger partial charge in [-0.25, -0.2) is 13.2 Å². The highest BCUT2D eigenvalue weighted by Crippen LogP contribution is 2.31. The van der Waals surface area contributed by atoms with Crippen LogP contribution in [0.4, 0.5) is 5.69 Å². The zero-order valence-electron chi connectivity index (χ0n) is 18.0. The molecule has 4 rings (SSSR count). The van der Waals surface area contributed by atoms with E-state index in [1.165, 1.54) is 47.6 Å². The summed E-state index contributed by atoms with van der Waals surface area (Å²) in [5, 5.41) is 2.62. The van der Waals surface area contributed by atoms with Gasteiger partial charge in [-0.05, 0) is 49.4 Å². The van der Waals surface area contributed by atoms with Crippen LogP contribution in [0.3, 0.4) is 0 Å². The van der Waals surface area contributed by atoms with Crippen molar-refractivity contribution in [2.45, 2.75) is 17.9 Å². The number of hydrogen-bond acceptors (Lipinski definition) is 8. The number of morpholine rings is 1. The van der Waals surface area contributed by atoms with Gasteiger partial charge in [0.25, 0.3) is 5.91 Å². The van der Waals surface area contributed by atoms with Gasteiger partial charge in [0.15, 0.2) is 17.6 Å². The minimum atomic E-state index is -3.62. The Bertz CT molecular complexity index is 1130. The summed E-state index contributed by atoms with van der Waals surface area (Å²) in [5.41, 5.74) is 0.611. The predicted molar refractivity (Wildman–Crippen MR) is 117 cm³/mol. The first-order chi connectivity index (χ1) is 15.8. The van der Waals surface area contributed by atoms with Crippen molar-refractivity contribution in [3.63, 3.8) is 0 Å². The smallest absolute Gasteiger partial charge is 0.339 e. The summed E-state index contributed by atoms with van der Waals surface area (Å²) in [6.07, 6.45) is -1.08. The summed E-state index contributed by atoms with van der Waals surface area (Å²) in [6.45, 7) is 3.58. The predicted octanol–water partition coefficient (Wildman–Crippen LogP) is 1.66. The molecule has 1 atom stereocenters. The van der Waals surface area contributed by atoms with Crippen LogP contribution in [-0.4, -0.2) is 70.2 Å². The maximum Gasteiger partial charge on any atom is 0.339 e. The summed E-state index contributed by atoms with van der Waals surface area (Å²) in [7, 11) is -3.62. The standard InChI is InChI=1S/C22H24N2O8S/c1-15(32-22(26)16-2-7-19-20(14-16)31-13-12-30-19)21(25)23-17-3-5-18(6-4-17)33(27,28)24-8-10-29-11-9-24/h2-7,14-15H,8-13H2,1H3,(H,23,25)/t15-/m1/s1. The minimum absolute atomic E-state index is 0.125. The van der Waals surface area contributed by atoms with Crippen molar-refractivity contribution in [1.82, 2.24) is 4.31 Å². The van der Waals surface area contributed by atoms with Crippen LogP contribution in [0.2, 0.25) is 0 Å². The van der Waals surface area contributed by atoms with Crippen molar-refractivity contribution < 1.29 is 37.0 Å². The number of nitrogens with one attached hydrogen (secondary N) is 1. The summed E-state index contributed by atoms with van der Waals surface area (Å²) < 4.78 is 48.1. The highest BCUT2D eigenvalue weighted by Gasteiger charge is 2.26. The lowest BCUT2D eigenvalue weighted by atomic mass is 10.2. The van der Waals surface area contributed by atoms with Gasteiger partial charge in [-0.3, -0.25) is 4.79 Å². The molecule has 2 aromatic rings. The van der Waals surface area contributed by atoms with E-state index in [9.17, 15) is 18.0 Å². The van der Waals surface area contributed by atoms with E-state index in [1.54, 1.807) is 6.07 Å². The van der Waals surface area contributed by atoms with Crippen LogP contribution >= 0.6 is 0 Å². The topological polar surface area (TPSA) is 120 Å². The lowest BCUT2D eigenvalue weighted by molar-refractivity contribution is -0.123. The zero-order chi connectivity index (χ0) is 23.4. The summed E-state index contributed by atoms with van der Waals surface area (Å²) in [6, 6.07) is 10.5. The number of amides is 1. The van der Waals surface area contributed by atoms with E-state index < -0.39 is 28.0 Å². The maximum absolute atomic E-state index is 12.7. The van der Waals surface area contributed by atoms with Gasteiger partial charge >= 0.3 is 5.97 Å². The lowest BCUT2D eigenvalue weighted by Gasteiger charge is -2.26. The average Bonchev–Trinajstić information content (AvgIpc) is 2.84. The average molecular weight is 477 g/mol. The van der Waals surface area contributed by atoms with Crippen molar-refractivity contribution in [3.8, 4) is 11.5 Å². The number of sulfonamides is 1. The lowest BCUT2D eigenvalue weighted by Crippen LogP contribution is -2.40. The number of ether oxygens (including phenoxy) is 4. The normalized spacial score (nSPS) is 17.1. The fourth-order valence-corrected chi connectivity index (χ4v) is 4.75. The molecule has 1 N–H and O–H groups in total.